The van der Waals surface area contributed by atoms with Gasteiger partial charge in [0.2, 0.25) is 0 Å². The molecule has 0 amide bonds. The zero-order chi connectivity index (χ0) is 12.3. The molecule has 0 radical (unpaired) electrons. The molecule has 0 aliphatic carbocycles. The number of nitrogens with zero attached hydrogens (tertiary/aromatic N) is 3. The molecule has 1 saturated heterocycles. The van der Waals surface area contributed by atoms with Crippen molar-refractivity contribution in [3.8, 4) is 0 Å². The Morgan fingerprint density at radius 3 is 2.65 bits per heavy atom. The van der Waals surface area contributed by atoms with Crippen LogP contribution < -0.4 is 4.90 Å². The summed E-state index contributed by atoms with van der Waals surface area (Å²) in [6.45, 7) is 8.41. The fourth-order valence-electron chi connectivity index (χ4n) is 2.13. The van der Waals surface area contributed by atoms with Gasteiger partial charge in [-0.15, -0.1) is 0 Å². The lowest BCUT2D eigenvalue weighted by Crippen LogP contribution is -2.49. The highest BCUT2D eigenvalue weighted by molar-refractivity contribution is 5.27. The SMILES string of the molecule is CCC(C)N1CCN(c2nc(CO)co2)CC1. The van der Waals surface area contributed by atoms with Gasteiger partial charge in [0.1, 0.15) is 12.0 Å². The number of aliphatic hydroxyl groups excluding tert-OH is 1. The molecular weight excluding hydrogens is 218 g/mol. The molecule has 5 nitrogen and oxygen atoms in total. The number of aliphatic hydroxyl groups is 1. The molecule has 0 saturated carbocycles. The average Bonchev–Trinajstić information content (AvgIpc) is 2.87. The lowest BCUT2D eigenvalue weighted by atomic mass is 10.2. The quantitative estimate of drug-likeness (QED) is 0.852. The van der Waals surface area contributed by atoms with Gasteiger partial charge in [0.15, 0.2) is 0 Å². The minimum absolute atomic E-state index is 0.0592. The number of oxazole rings is 1. The Labute approximate surface area is 102 Å². The molecule has 96 valence electrons. The summed E-state index contributed by atoms with van der Waals surface area (Å²) in [5.74, 6) is 0. The molecule has 0 bridgehead atoms. The smallest absolute Gasteiger partial charge is 0.297 e. The summed E-state index contributed by atoms with van der Waals surface area (Å²) in [4.78, 5) is 8.86. The van der Waals surface area contributed by atoms with Crippen LogP contribution in [0.2, 0.25) is 0 Å². The van der Waals surface area contributed by atoms with Crippen molar-refractivity contribution in [2.75, 3.05) is 31.1 Å². The van der Waals surface area contributed by atoms with Crippen LogP contribution in [0.15, 0.2) is 10.7 Å². The normalized spacial score (nSPS) is 19.6. The highest BCUT2D eigenvalue weighted by Crippen LogP contribution is 2.17. The van der Waals surface area contributed by atoms with Crippen LogP contribution in [0.4, 0.5) is 6.01 Å². The summed E-state index contributed by atoms with van der Waals surface area (Å²) in [6.07, 6.45) is 2.71. The highest BCUT2D eigenvalue weighted by Gasteiger charge is 2.22. The van der Waals surface area contributed by atoms with Gasteiger partial charge in [-0.1, -0.05) is 6.92 Å². The molecular formula is C12H21N3O2. The van der Waals surface area contributed by atoms with Crippen LogP contribution >= 0.6 is 0 Å². The fourth-order valence-corrected chi connectivity index (χ4v) is 2.13. The summed E-state index contributed by atoms with van der Waals surface area (Å²) in [5, 5.41) is 8.95. The van der Waals surface area contributed by atoms with Gasteiger partial charge in [-0.05, 0) is 13.3 Å². The summed E-state index contributed by atoms with van der Waals surface area (Å²) in [7, 11) is 0. The van der Waals surface area contributed by atoms with E-state index < -0.39 is 0 Å². The van der Waals surface area contributed by atoms with Gasteiger partial charge < -0.3 is 14.4 Å². The van der Waals surface area contributed by atoms with E-state index in [4.69, 9.17) is 9.52 Å². The first-order valence-electron chi connectivity index (χ1n) is 6.28. The van der Waals surface area contributed by atoms with Crippen LogP contribution in [-0.4, -0.2) is 47.2 Å². The lowest BCUT2D eigenvalue weighted by molar-refractivity contribution is 0.190. The van der Waals surface area contributed by atoms with Crippen molar-refractivity contribution in [2.45, 2.75) is 32.9 Å². The first-order chi connectivity index (χ1) is 8.24. The van der Waals surface area contributed by atoms with E-state index in [-0.39, 0.29) is 6.61 Å². The van der Waals surface area contributed by atoms with Crippen LogP contribution in [-0.2, 0) is 6.61 Å². The first-order valence-corrected chi connectivity index (χ1v) is 6.28. The van der Waals surface area contributed by atoms with E-state index in [9.17, 15) is 0 Å². The molecule has 1 aliphatic heterocycles. The summed E-state index contributed by atoms with van der Waals surface area (Å²) < 4.78 is 5.35. The Hall–Kier alpha value is -1.07. The topological polar surface area (TPSA) is 52.7 Å². The monoisotopic (exact) mass is 239 g/mol. The largest absolute Gasteiger partial charge is 0.432 e. The van der Waals surface area contributed by atoms with Crippen molar-refractivity contribution in [3.05, 3.63) is 12.0 Å². The van der Waals surface area contributed by atoms with Crippen molar-refractivity contribution < 1.29 is 9.52 Å². The van der Waals surface area contributed by atoms with Crippen molar-refractivity contribution in [2.24, 2.45) is 0 Å². The molecule has 1 atom stereocenters. The molecule has 2 heterocycles. The third-order valence-corrected chi connectivity index (χ3v) is 3.50. The van der Waals surface area contributed by atoms with E-state index in [0.29, 0.717) is 17.8 Å². The van der Waals surface area contributed by atoms with Crippen molar-refractivity contribution >= 4 is 6.01 Å². The molecule has 17 heavy (non-hydrogen) atoms. The molecule has 0 aromatic carbocycles. The second-order valence-electron chi connectivity index (χ2n) is 4.56. The summed E-state index contributed by atoms with van der Waals surface area (Å²) in [6, 6.07) is 1.28. The van der Waals surface area contributed by atoms with E-state index >= 15 is 0 Å². The summed E-state index contributed by atoms with van der Waals surface area (Å²) in [5.41, 5.74) is 0.601. The van der Waals surface area contributed by atoms with Crippen molar-refractivity contribution in [3.63, 3.8) is 0 Å². The Morgan fingerprint density at radius 1 is 1.41 bits per heavy atom. The molecule has 1 fully saturated rings. The van der Waals surface area contributed by atoms with E-state index in [1.54, 1.807) is 0 Å². The Kier molecular flexibility index (Phi) is 4.02. The third kappa shape index (κ3) is 2.79. The predicted molar refractivity (Wildman–Crippen MR) is 66.0 cm³/mol. The summed E-state index contributed by atoms with van der Waals surface area (Å²) >= 11 is 0. The zero-order valence-corrected chi connectivity index (χ0v) is 10.6. The van der Waals surface area contributed by atoms with Gasteiger partial charge in [0.25, 0.3) is 6.01 Å². The zero-order valence-electron chi connectivity index (χ0n) is 10.6. The number of anilines is 1. The number of hydrogen-bond donors (Lipinski definition) is 1. The van der Waals surface area contributed by atoms with Gasteiger partial charge in [0, 0.05) is 32.2 Å². The number of rotatable bonds is 4. The highest BCUT2D eigenvalue weighted by atomic mass is 16.4. The third-order valence-electron chi connectivity index (χ3n) is 3.50. The van der Waals surface area contributed by atoms with Gasteiger partial charge in [-0.2, -0.15) is 4.98 Å². The van der Waals surface area contributed by atoms with Crippen LogP contribution in [0.1, 0.15) is 26.0 Å². The van der Waals surface area contributed by atoms with Crippen molar-refractivity contribution in [1.29, 1.82) is 0 Å². The number of aromatic nitrogens is 1. The van der Waals surface area contributed by atoms with Gasteiger partial charge in [-0.25, -0.2) is 0 Å². The van der Waals surface area contributed by atoms with Gasteiger partial charge in [-0.3, -0.25) is 4.90 Å². The molecule has 1 N–H and O–H groups in total. The average molecular weight is 239 g/mol. The fraction of sp³-hybridized carbons (Fsp3) is 0.750. The Bertz CT molecular complexity index is 345. The van der Waals surface area contributed by atoms with E-state index in [2.05, 4.69) is 28.6 Å². The van der Waals surface area contributed by atoms with E-state index in [1.807, 2.05) is 0 Å². The second kappa shape index (κ2) is 5.51. The molecule has 2 rings (SSSR count). The maximum atomic E-state index is 8.95. The van der Waals surface area contributed by atoms with Crippen LogP contribution in [0.25, 0.3) is 0 Å². The minimum atomic E-state index is -0.0592. The van der Waals surface area contributed by atoms with Gasteiger partial charge >= 0.3 is 0 Å². The second-order valence-corrected chi connectivity index (χ2v) is 4.56. The Morgan fingerprint density at radius 2 is 2.12 bits per heavy atom. The maximum Gasteiger partial charge on any atom is 0.297 e. The first kappa shape index (κ1) is 12.4. The molecule has 5 heteroatoms. The molecule has 1 aromatic rings. The Balaban J connectivity index is 1.90. The maximum absolute atomic E-state index is 8.95. The molecule has 1 aromatic heterocycles. The molecule has 1 aliphatic rings. The molecule has 0 spiro atoms. The predicted octanol–water partition coefficient (Wildman–Crippen LogP) is 1.09. The van der Waals surface area contributed by atoms with E-state index in [1.165, 1.54) is 12.7 Å². The molecule has 1 unspecified atom stereocenters. The lowest BCUT2D eigenvalue weighted by Gasteiger charge is -2.37. The van der Waals surface area contributed by atoms with E-state index in [0.717, 1.165) is 26.2 Å². The van der Waals surface area contributed by atoms with Crippen LogP contribution in [0.5, 0.6) is 0 Å². The van der Waals surface area contributed by atoms with Crippen LogP contribution in [0, 0.1) is 0 Å². The number of piperazine rings is 1. The number of hydrogen-bond acceptors (Lipinski definition) is 5. The van der Waals surface area contributed by atoms with Crippen molar-refractivity contribution in [1.82, 2.24) is 9.88 Å². The van der Waals surface area contributed by atoms with Gasteiger partial charge in [0.05, 0.1) is 6.61 Å². The standard InChI is InChI=1S/C12H21N3O2/c1-3-10(2)14-4-6-15(7-5-14)12-13-11(8-16)9-17-12/h9-10,16H,3-8H2,1-2H3. The minimum Gasteiger partial charge on any atom is -0.432 e. The van der Waals surface area contributed by atoms with Crippen LogP contribution in [0.3, 0.4) is 0 Å².